The molecule has 102 valence electrons. The Bertz CT molecular complexity index is 220. The average molecular weight is 246 g/mol. The lowest BCUT2D eigenvalue weighted by Gasteiger charge is -2.23. The predicted octanol–water partition coefficient (Wildman–Crippen LogP) is 0.672. The second-order valence-corrected chi connectivity index (χ2v) is 4.70. The Morgan fingerprint density at radius 2 is 2.12 bits per heavy atom. The number of rotatable bonds is 10. The third-order valence-corrected chi connectivity index (χ3v) is 2.67. The minimum absolute atomic E-state index is 0.195. The summed E-state index contributed by atoms with van der Waals surface area (Å²) >= 11 is 0. The van der Waals surface area contributed by atoms with Crippen LogP contribution >= 0.6 is 0 Å². The van der Waals surface area contributed by atoms with E-state index in [4.69, 9.17) is 15.2 Å². The van der Waals surface area contributed by atoms with Crippen molar-refractivity contribution in [2.24, 2.45) is 5.73 Å². The van der Waals surface area contributed by atoms with E-state index in [1.807, 2.05) is 20.8 Å². The topological polar surface area (TPSA) is 73.6 Å². The van der Waals surface area contributed by atoms with E-state index in [9.17, 15) is 4.79 Å². The third kappa shape index (κ3) is 8.12. The Morgan fingerprint density at radius 3 is 2.59 bits per heavy atom. The van der Waals surface area contributed by atoms with Crippen LogP contribution in [0.3, 0.4) is 0 Å². The number of ether oxygens (including phenoxy) is 2. The fourth-order valence-electron chi connectivity index (χ4n) is 1.18. The zero-order valence-corrected chi connectivity index (χ0v) is 11.4. The molecule has 0 aliphatic rings. The van der Waals surface area contributed by atoms with Gasteiger partial charge in [0.25, 0.3) is 0 Å². The molecule has 0 aromatic rings. The Hall–Kier alpha value is -0.650. The molecule has 3 N–H and O–H groups in total. The molecule has 5 nitrogen and oxygen atoms in total. The predicted molar refractivity (Wildman–Crippen MR) is 67.8 cm³/mol. The minimum atomic E-state index is -0.402. The number of carbonyl (C=O) groups is 1. The van der Waals surface area contributed by atoms with Crippen LogP contribution in [0.25, 0.3) is 0 Å². The van der Waals surface area contributed by atoms with Gasteiger partial charge in [-0.25, -0.2) is 0 Å². The number of primary amides is 1. The third-order valence-electron chi connectivity index (χ3n) is 2.67. The summed E-state index contributed by atoms with van der Waals surface area (Å²) in [6.07, 6.45) is 1.74. The Kier molecular flexibility index (Phi) is 8.12. The van der Waals surface area contributed by atoms with E-state index in [1.165, 1.54) is 0 Å². The molecular weight excluding hydrogens is 220 g/mol. The van der Waals surface area contributed by atoms with Crippen LogP contribution in [0.2, 0.25) is 0 Å². The standard InChI is InChI=1S/C12H26N2O3/c1-5-7-14-10(11(13)15)9-17-8-6-12(2,3)16-4/h10,14H,5-9H2,1-4H3,(H2,13,15). The first-order valence-corrected chi connectivity index (χ1v) is 6.08. The van der Waals surface area contributed by atoms with E-state index in [-0.39, 0.29) is 11.5 Å². The summed E-state index contributed by atoms with van der Waals surface area (Å²) in [6.45, 7) is 7.66. The molecule has 0 spiro atoms. The summed E-state index contributed by atoms with van der Waals surface area (Å²) in [5, 5.41) is 3.05. The molecule has 0 rings (SSSR count). The molecule has 0 radical (unpaired) electrons. The van der Waals surface area contributed by atoms with Gasteiger partial charge in [-0.15, -0.1) is 0 Å². The zero-order chi connectivity index (χ0) is 13.3. The number of methoxy groups -OCH3 is 1. The lowest BCUT2D eigenvalue weighted by molar-refractivity contribution is -0.121. The van der Waals surface area contributed by atoms with Gasteiger partial charge in [0.05, 0.1) is 12.2 Å². The highest BCUT2D eigenvalue weighted by Crippen LogP contribution is 2.12. The molecule has 1 amide bonds. The van der Waals surface area contributed by atoms with Crippen LogP contribution in [0.4, 0.5) is 0 Å². The van der Waals surface area contributed by atoms with Gasteiger partial charge in [-0.1, -0.05) is 6.92 Å². The Morgan fingerprint density at radius 1 is 1.47 bits per heavy atom. The fraction of sp³-hybridized carbons (Fsp3) is 0.917. The van der Waals surface area contributed by atoms with Crippen molar-refractivity contribution >= 4 is 5.91 Å². The molecule has 5 heteroatoms. The summed E-state index contributed by atoms with van der Waals surface area (Å²) < 4.78 is 10.7. The molecule has 0 saturated heterocycles. The molecule has 0 aliphatic heterocycles. The van der Waals surface area contributed by atoms with Crippen LogP contribution in [-0.2, 0) is 14.3 Å². The van der Waals surface area contributed by atoms with Gasteiger partial charge >= 0.3 is 0 Å². The number of hydrogen-bond acceptors (Lipinski definition) is 4. The zero-order valence-electron chi connectivity index (χ0n) is 11.4. The van der Waals surface area contributed by atoms with Crippen molar-refractivity contribution in [3.63, 3.8) is 0 Å². The van der Waals surface area contributed by atoms with Crippen molar-refractivity contribution in [2.45, 2.75) is 45.3 Å². The first kappa shape index (κ1) is 16.4. The monoisotopic (exact) mass is 246 g/mol. The second kappa shape index (κ2) is 8.44. The molecule has 17 heavy (non-hydrogen) atoms. The number of amides is 1. The smallest absolute Gasteiger partial charge is 0.236 e. The maximum absolute atomic E-state index is 11.1. The van der Waals surface area contributed by atoms with E-state index in [0.29, 0.717) is 13.2 Å². The first-order chi connectivity index (χ1) is 7.93. The summed E-state index contributed by atoms with van der Waals surface area (Å²) in [5.74, 6) is -0.371. The van der Waals surface area contributed by atoms with Crippen molar-refractivity contribution in [2.75, 3.05) is 26.9 Å². The van der Waals surface area contributed by atoms with Crippen LogP contribution in [0.5, 0.6) is 0 Å². The molecule has 0 bridgehead atoms. The lowest BCUT2D eigenvalue weighted by Crippen LogP contribution is -2.45. The number of hydrogen-bond donors (Lipinski definition) is 2. The number of nitrogens with two attached hydrogens (primary N) is 1. The van der Waals surface area contributed by atoms with Gasteiger partial charge in [-0.3, -0.25) is 4.79 Å². The molecule has 0 fully saturated rings. The highest BCUT2D eigenvalue weighted by atomic mass is 16.5. The summed E-state index contributed by atoms with van der Waals surface area (Å²) in [6, 6.07) is -0.402. The van der Waals surface area contributed by atoms with Crippen LogP contribution in [-0.4, -0.2) is 44.4 Å². The molecule has 0 heterocycles. The quantitative estimate of drug-likeness (QED) is 0.556. The van der Waals surface area contributed by atoms with E-state index >= 15 is 0 Å². The van der Waals surface area contributed by atoms with Crippen LogP contribution < -0.4 is 11.1 Å². The highest BCUT2D eigenvalue weighted by molar-refractivity contribution is 5.79. The highest BCUT2D eigenvalue weighted by Gasteiger charge is 2.17. The van der Waals surface area contributed by atoms with E-state index in [2.05, 4.69) is 5.32 Å². The fourth-order valence-corrected chi connectivity index (χ4v) is 1.18. The molecule has 1 unspecified atom stereocenters. The van der Waals surface area contributed by atoms with Gasteiger partial charge in [0.2, 0.25) is 5.91 Å². The molecule has 1 atom stereocenters. The van der Waals surface area contributed by atoms with Gasteiger partial charge in [0.1, 0.15) is 6.04 Å². The van der Waals surface area contributed by atoms with Gasteiger partial charge in [0.15, 0.2) is 0 Å². The second-order valence-electron chi connectivity index (χ2n) is 4.70. The van der Waals surface area contributed by atoms with Crippen molar-refractivity contribution < 1.29 is 14.3 Å². The van der Waals surface area contributed by atoms with Crippen molar-refractivity contribution in [1.29, 1.82) is 0 Å². The molecule has 0 aliphatic carbocycles. The van der Waals surface area contributed by atoms with Gasteiger partial charge in [-0.2, -0.15) is 0 Å². The van der Waals surface area contributed by atoms with Crippen LogP contribution in [0.15, 0.2) is 0 Å². The van der Waals surface area contributed by atoms with Gasteiger partial charge in [-0.05, 0) is 33.2 Å². The Balaban J connectivity index is 3.79. The first-order valence-electron chi connectivity index (χ1n) is 6.08. The van der Waals surface area contributed by atoms with Crippen molar-refractivity contribution in [3.05, 3.63) is 0 Å². The van der Waals surface area contributed by atoms with Gasteiger partial charge in [0, 0.05) is 13.7 Å². The molecule has 0 aromatic heterocycles. The SMILES string of the molecule is CCCNC(COCCC(C)(C)OC)C(N)=O. The normalized spacial score (nSPS) is 13.6. The Labute approximate surface area is 104 Å². The number of nitrogens with one attached hydrogen (secondary N) is 1. The van der Waals surface area contributed by atoms with E-state index in [1.54, 1.807) is 7.11 Å². The molecule has 0 aromatic carbocycles. The summed E-state index contributed by atoms with van der Waals surface area (Å²) in [7, 11) is 1.68. The van der Waals surface area contributed by atoms with Crippen molar-refractivity contribution in [3.8, 4) is 0 Å². The summed E-state index contributed by atoms with van der Waals surface area (Å²) in [5.41, 5.74) is 5.07. The van der Waals surface area contributed by atoms with Crippen LogP contribution in [0, 0.1) is 0 Å². The number of carbonyl (C=O) groups excluding carboxylic acids is 1. The van der Waals surface area contributed by atoms with E-state index in [0.717, 1.165) is 19.4 Å². The maximum Gasteiger partial charge on any atom is 0.236 e. The molecular formula is C12H26N2O3. The van der Waals surface area contributed by atoms with Crippen molar-refractivity contribution in [1.82, 2.24) is 5.32 Å². The summed E-state index contributed by atoms with van der Waals surface area (Å²) in [4.78, 5) is 11.1. The van der Waals surface area contributed by atoms with Gasteiger partial charge < -0.3 is 20.5 Å². The van der Waals surface area contributed by atoms with Crippen LogP contribution in [0.1, 0.15) is 33.6 Å². The maximum atomic E-state index is 11.1. The lowest BCUT2D eigenvalue weighted by atomic mass is 10.1. The molecule has 0 saturated carbocycles. The minimum Gasteiger partial charge on any atom is -0.379 e. The average Bonchev–Trinajstić information content (AvgIpc) is 2.27. The largest absolute Gasteiger partial charge is 0.379 e. The van der Waals surface area contributed by atoms with E-state index < -0.39 is 6.04 Å².